The molecule has 0 spiro atoms. The summed E-state index contributed by atoms with van der Waals surface area (Å²) in [7, 11) is 0. The Morgan fingerprint density at radius 3 is 3.00 bits per heavy atom. The van der Waals surface area contributed by atoms with Crippen LogP contribution in [0.25, 0.3) is 11.3 Å². The van der Waals surface area contributed by atoms with Gasteiger partial charge in [0, 0.05) is 17.5 Å². The van der Waals surface area contributed by atoms with E-state index < -0.39 is 0 Å². The molecule has 2 heterocycles. The quantitative estimate of drug-likeness (QED) is 0.763. The summed E-state index contributed by atoms with van der Waals surface area (Å²) >= 11 is 0. The highest BCUT2D eigenvalue weighted by atomic mass is 16.5. The first kappa shape index (κ1) is 9.03. The molecule has 1 aromatic carbocycles. The van der Waals surface area contributed by atoms with Crippen LogP contribution in [0.4, 0.5) is 5.69 Å². The molecule has 0 atom stereocenters. The fourth-order valence-electron chi connectivity index (χ4n) is 1.76. The summed E-state index contributed by atoms with van der Waals surface area (Å²) < 4.78 is 5.29. The van der Waals surface area contributed by atoms with Crippen molar-refractivity contribution in [3.8, 4) is 17.0 Å². The van der Waals surface area contributed by atoms with Crippen LogP contribution < -0.4 is 10.1 Å². The first-order valence-electron chi connectivity index (χ1n) is 5.03. The highest BCUT2D eigenvalue weighted by molar-refractivity contribution is 5.96. The van der Waals surface area contributed by atoms with Crippen LogP contribution in [-0.4, -0.2) is 17.5 Å². The van der Waals surface area contributed by atoms with E-state index in [1.165, 1.54) is 0 Å². The zero-order chi connectivity index (χ0) is 11.0. The molecular formula is C12H10N2O2. The van der Waals surface area contributed by atoms with Crippen molar-refractivity contribution in [3.63, 3.8) is 0 Å². The summed E-state index contributed by atoms with van der Waals surface area (Å²) in [4.78, 5) is 14.3. The Bertz CT molecular complexity index is 532. The third-order valence-electron chi connectivity index (χ3n) is 2.52. The maximum Gasteiger partial charge on any atom is 0.262 e. The van der Waals surface area contributed by atoms with Gasteiger partial charge in [0.15, 0.2) is 6.61 Å². The predicted molar refractivity (Wildman–Crippen MR) is 60.4 cm³/mol. The zero-order valence-electron chi connectivity index (χ0n) is 8.49. The molecule has 0 saturated heterocycles. The van der Waals surface area contributed by atoms with Crippen molar-refractivity contribution in [1.29, 1.82) is 0 Å². The molecule has 0 fully saturated rings. The number of nitrogens with one attached hydrogen (secondary N) is 2. The first-order chi connectivity index (χ1) is 7.83. The molecule has 1 aromatic heterocycles. The maximum absolute atomic E-state index is 11.2. The van der Waals surface area contributed by atoms with Crippen molar-refractivity contribution in [1.82, 2.24) is 4.98 Å². The Labute approximate surface area is 92.2 Å². The molecule has 0 saturated carbocycles. The Kier molecular flexibility index (Phi) is 1.93. The molecule has 80 valence electrons. The van der Waals surface area contributed by atoms with Crippen LogP contribution in [0.15, 0.2) is 36.5 Å². The van der Waals surface area contributed by atoms with Gasteiger partial charge in [-0.1, -0.05) is 0 Å². The van der Waals surface area contributed by atoms with Crippen LogP contribution >= 0.6 is 0 Å². The van der Waals surface area contributed by atoms with Gasteiger partial charge < -0.3 is 15.0 Å². The number of ether oxygens (including phenoxy) is 1. The van der Waals surface area contributed by atoms with Crippen molar-refractivity contribution >= 4 is 11.6 Å². The summed E-state index contributed by atoms with van der Waals surface area (Å²) in [5.74, 6) is 0.603. The largest absolute Gasteiger partial charge is 0.482 e. The number of H-pyrrole nitrogens is 1. The van der Waals surface area contributed by atoms with Crippen LogP contribution in [0.5, 0.6) is 5.75 Å². The zero-order valence-corrected chi connectivity index (χ0v) is 8.49. The normalized spacial score (nSPS) is 13.9. The van der Waals surface area contributed by atoms with Crippen molar-refractivity contribution in [2.45, 2.75) is 0 Å². The van der Waals surface area contributed by atoms with Gasteiger partial charge in [-0.3, -0.25) is 4.79 Å². The predicted octanol–water partition coefficient (Wildman–Crippen LogP) is 2.01. The lowest BCUT2D eigenvalue weighted by Gasteiger charge is -2.18. The molecule has 1 aliphatic heterocycles. The number of carbonyl (C=O) groups is 1. The lowest BCUT2D eigenvalue weighted by atomic mass is 10.1. The van der Waals surface area contributed by atoms with E-state index in [1.54, 1.807) is 0 Å². The van der Waals surface area contributed by atoms with Crippen molar-refractivity contribution < 1.29 is 9.53 Å². The number of hydrogen-bond donors (Lipinski definition) is 2. The number of aromatic nitrogens is 1. The smallest absolute Gasteiger partial charge is 0.262 e. The number of fused-ring (bicyclic) bond motifs is 1. The minimum atomic E-state index is -0.115. The SMILES string of the molecule is O=C1COc2ccc(-c3ccc[nH]3)cc2N1. The van der Waals surface area contributed by atoms with E-state index in [0.717, 1.165) is 22.7 Å². The van der Waals surface area contributed by atoms with Gasteiger partial charge in [0.05, 0.1) is 5.69 Å². The Morgan fingerprint density at radius 2 is 2.19 bits per heavy atom. The molecule has 3 rings (SSSR count). The average molecular weight is 214 g/mol. The summed E-state index contributed by atoms with van der Waals surface area (Å²) in [6.45, 7) is 0.0921. The number of carbonyl (C=O) groups excluding carboxylic acids is 1. The molecule has 1 amide bonds. The summed E-state index contributed by atoms with van der Waals surface area (Å²) in [5.41, 5.74) is 2.76. The molecule has 4 nitrogen and oxygen atoms in total. The minimum Gasteiger partial charge on any atom is -0.482 e. The minimum absolute atomic E-state index is 0.0921. The second-order valence-corrected chi connectivity index (χ2v) is 3.63. The number of rotatable bonds is 1. The van der Waals surface area contributed by atoms with Crippen LogP contribution in [-0.2, 0) is 4.79 Å². The van der Waals surface area contributed by atoms with Gasteiger partial charge in [0.25, 0.3) is 5.91 Å². The van der Waals surface area contributed by atoms with E-state index in [9.17, 15) is 4.79 Å². The topological polar surface area (TPSA) is 54.1 Å². The third-order valence-corrected chi connectivity index (χ3v) is 2.52. The Morgan fingerprint density at radius 1 is 1.25 bits per heavy atom. The second kappa shape index (κ2) is 3.41. The third kappa shape index (κ3) is 1.44. The maximum atomic E-state index is 11.2. The van der Waals surface area contributed by atoms with Crippen LogP contribution in [0.2, 0.25) is 0 Å². The van der Waals surface area contributed by atoms with E-state index in [0.29, 0.717) is 0 Å². The average Bonchev–Trinajstić information content (AvgIpc) is 2.81. The molecule has 0 radical (unpaired) electrons. The van der Waals surface area contributed by atoms with Crippen LogP contribution in [0.3, 0.4) is 0 Å². The summed E-state index contributed by atoms with van der Waals surface area (Å²) in [5, 5.41) is 2.78. The van der Waals surface area contributed by atoms with Crippen LogP contribution in [0, 0.1) is 0 Å². The molecular weight excluding hydrogens is 204 g/mol. The number of amides is 1. The van der Waals surface area contributed by atoms with Crippen molar-refractivity contribution in [2.24, 2.45) is 0 Å². The monoisotopic (exact) mass is 214 g/mol. The standard InChI is InChI=1S/C12H10N2O2/c15-12-7-16-11-4-3-8(6-10(11)14-12)9-2-1-5-13-9/h1-6,13H,7H2,(H,14,15). The number of anilines is 1. The van der Waals surface area contributed by atoms with Gasteiger partial charge in [-0.05, 0) is 30.3 Å². The van der Waals surface area contributed by atoms with Crippen LogP contribution in [0.1, 0.15) is 0 Å². The molecule has 2 aromatic rings. The lowest BCUT2D eigenvalue weighted by molar-refractivity contribution is -0.118. The van der Waals surface area contributed by atoms with Gasteiger partial charge in [-0.2, -0.15) is 0 Å². The van der Waals surface area contributed by atoms with E-state index in [4.69, 9.17) is 4.74 Å². The van der Waals surface area contributed by atoms with Gasteiger partial charge in [-0.25, -0.2) is 0 Å². The Balaban J connectivity index is 2.04. The number of aromatic amines is 1. The fraction of sp³-hybridized carbons (Fsp3) is 0.0833. The van der Waals surface area contributed by atoms with E-state index in [2.05, 4.69) is 10.3 Å². The molecule has 16 heavy (non-hydrogen) atoms. The second-order valence-electron chi connectivity index (χ2n) is 3.63. The fourth-order valence-corrected chi connectivity index (χ4v) is 1.76. The Hall–Kier alpha value is -2.23. The molecule has 0 unspecified atom stereocenters. The molecule has 0 aliphatic carbocycles. The van der Waals surface area contributed by atoms with Crippen molar-refractivity contribution in [3.05, 3.63) is 36.5 Å². The van der Waals surface area contributed by atoms with E-state index >= 15 is 0 Å². The summed E-state index contributed by atoms with van der Waals surface area (Å²) in [6.07, 6.45) is 1.86. The van der Waals surface area contributed by atoms with E-state index in [1.807, 2.05) is 36.5 Å². The molecule has 0 bridgehead atoms. The number of benzene rings is 1. The van der Waals surface area contributed by atoms with Crippen molar-refractivity contribution in [2.75, 3.05) is 11.9 Å². The molecule has 1 aliphatic rings. The highest BCUT2D eigenvalue weighted by Gasteiger charge is 2.16. The van der Waals surface area contributed by atoms with E-state index in [-0.39, 0.29) is 12.5 Å². The highest BCUT2D eigenvalue weighted by Crippen LogP contribution is 2.31. The molecule has 2 N–H and O–H groups in total. The molecule has 4 heteroatoms. The lowest BCUT2D eigenvalue weighted by Crippen LogP contribution is -2.25. The van der Waals surface area contributed by atoms with Gasteiger partial charge in [-0.15, -0.1) is 0 Å². The summed E-state index contributed by atoms with van der Waals surface area (Å²) in [6, 6.07) is 9.64. The number of hydrogen-bond acceptors (Lipinski definition) is 2. The van der Waals surface area contributed by atoms with Gasteiger partial charge in [0.1, 0.15) is 5.75 Å². The van der Waals surface area contributed by atoms with Gasteiger partial charge >= 0.3 is 0 Å². The van der Waals surface area contributed by atoms with Gasteiger partial charge in [0.2, 0.25) is 0 Å². The first-order valence-corrected chi connectivity index (χ1v) is 5.03.